The lowest BCUT2D eigenvalue weighted by Crippen LogP contribution is -2.28. The SMILES string of the molecule is CCN(CC)CCNc1ccc(N)c2[nH]c3cc(OC)c(OC)c(O)c3c(=O)c12. The van der Waals surface area contributed by atoms with E-state index in [1.807, 2.05) is 0 Å². The molecule has 1 aromatic heterocycles. The monoisotopic (exact) mass is 400 g/mol. The molecule has 2 aromatic carbocycles. The third-order valence-corrected chi connectivity index (χ3v) is 5.23. The number of benzene rings is 2. The Bertz CT molecular complexity index is 1090. The number of aromatic nitrogens is 1. The van der Waals surface area contributed by atoms with E-state index in [0.717, 1.165) is 19.6 Å². The smallest absolute Gasteiger partial charge is 0.203 e. The fourth-order valence-electron chi connectivity index (χ4n) is 3.59. The van der Waals surface area contributed by atoms with Gasteiger partial charge in [0.2, 0.25) is 11.2 Å². The number of nitrogens with one attached hydrogen (secondary N) is 2. The van der Waals surface area contributed by atoms with Crippen molar-refractivity contribution in [1.29, 1.82) is 0 Å². The first-order chi connectivity index (χ1) is 14.0. The van der Waals surface area contributed by atoms with Crippen molar-refractivity contribution in [3.05, 3.63) is 28.4 Å². The maximum atomic E-state index is 13.4. The number of hydrogen-bond acceptors (Lipinski definition) is 7. The van der Waals surface area contributed by atoms with E-state index in [-0.39, 0.29) is 22.3 Å². The molecular weight excluding hydrogens is 372 g/mol. The number of nitrogens with zero attached hydrogens (tertiary/aromatic N) is 1. The summed E-state index contributed by atoms with van der Waals surface area (Å²) in [6.07, 6.45) is 0. The predicted octanol–water partition coefficient (Wildman–Crippen LogP) is 2.74. The fraction of sp³-hybridized carbons (Fsp3) is 0.381. The van der Waals surface area contributed by atoms with E-state index in [2.05, 4.69) is 29.0 Å². The minimum absolute atomic E-state index is 0.116. The van der Waals surface area contributed by atoms with Gasteiger partial charge in [-0.2, -0.15) is 0 Å². The molecule has 0 unspecified atom stereocenters. The van der Waals surface area contributed by atoms with Crippen LogP contribution in [-0.4, -0.2) is 55.4 Å². The van der Waals surface area contributed by atoms with Gasteiger partial charge in [-0.1, -0.05) is 13.8 Å². The standard InChI is InChI=1S/C21H28N4O4/c1-5-25(6-2)10-9-23-13-8-7-12(22)18-16(13)19(26)17-14(24-18)11-15(28-3)21(29-4)20(17)27/h7-8,11,23,27H,5-6,9-10,22H2,1-4H3,(H,24,26). The first-order valence-corrected chi connectivity index (χ1v) is 9.65. The van der Waals surface area contributed by atoms with Gasteiger partial charge in [-0.05, 0) is 25.2 Å². The average Bonchev–Trinajstić information content (AvgIpc) is 2.72. The molecule has 0 atom stereocenters. The van der Waals surface area contributed by atoms with E-state index in [9.17, 15) is 9.90 Å². The zero-order valence-corrected chi connectivity index (χ0v) is 17.3. The number of nitrogen functional groups attached to an aromatic ring is 1. The van der Waals surface area contributed by atoms with Crippen molar-refractivity contribution in [3.8, 4) is 17.2 Å². The lowest BCUT2D eigenvalue weighted by molar-refractivity contribution is 0.316. The minimum Gasteiger partial charge on any atom is -0.504 e. The lowest BCUT2D eigenvalue weighted by Gasteiger charge is -2.19. The Morgan fingerprint density at radius 2 is 1.90 bits per heavy atom. The largest absolute Gasteiger partial charge is 0.504 e. The van der Waals surface area contributed by atoms with Crippen molar-refractivity contribution in [2.45, 2.75) is 13.8 Å². The molecule has 5 N–H and O–H groups in total. The molecule has 0 aliphatic rings. The quantitative estimate of drug-likeness (QED) is 0.340. The highest BCUT2D eigenvalue weighted by Gasteiger charge is 2.20. The van der Waals surface area contributed by atoms with Gasteiger partial charge in [-0.25, -0.2) is 0 Å². The van der Waals surface area contributed by atoms with Crippen LogP contribution in [0, 0.1) is 0 Å². The number of hydrogen-bond donors (Lipinski definition) is 4. The molecule has 0 saturated carbocycles. The van der Waals surface area contributed by atoms with Gasteiger partial charge < -0.3 is 35.5 Å². The molecule has 0 aliphatic heterocycles. The molecule has 0 saturated heterocycles. The molecule has 0 bridgehead atoms. The average molecular weight is 400 g/mol. The van der Waals surface area contributed by atoms with Gasteiger partial charge in [0.05, 0.1) is 41.7 Å². The van der Waals surface area contributed by atoms with Crippen LogP contribution in [-0.2, 0) is 0 Å². The predicted molar refractivity (Wildman–Crippen MR) is 118 cm³/mol. The number of aromatic amines is 1. The summed E-state index contributed by atoms with van der Waals surface area (Å²) in [6.45, 7) is 7.67. The van der Waals surface area contributed by atoms with Gasteiger partial charge in [0, 0.05) is 24.8 Å². The van der Waals surface area contributed by atoms with Crippen LogP contribution in [0.25, 0.3) is 21.8 Å². The summed E-state index contributed by atoms with van der Waals surface area (Å²) in [4.78, 5) is 18.8. The van der Waals surface area contributed by atoms with E-state index in [1.54, 1.807) is 18.2 Å². The number of rotatable bonds is 8. The van der Waals surface area contributed by atoms with E-state index < -0.39 is 0 Å². The highest BCUT2D eigenvalue weighted by Crippen LogP contribution is 2.42. The van der Waals surface area contributed by atoms with E-state index in [4.69, 9.17) is 15.2 Å². The number of phenols is 1. The van der Waals surface area contributed by atoms with Crippen molar-refractivity contribution in [1.82, 2.24) is 9.88 Å². The number of phenolic OH excluding ortho intramolecular Hbond substituents is 1. The summed E-state index contributed by atoms with van der Waals surface area (Å²) >= 11 is 0. The van der Waals surface area contributed by atoms with Crippen LogP contribution in [0.3, 0.4) is 0 Å². The van der Waals surface area contributed by atoms with E-state index >= 15 is 0 Å². The maximum absolute atomic E-state index is 13.4. The van der Waals surface area contributed by atoms with Crippen molar-refractivity contribution in [2.24, 2.45) is 0 Å². The Hall–Kier alpha value is -3.13. The topological polar surface area (TPSA) is 113 Å². The first kappa shape index (κ1) is 20.6. The van der Waals surface area contributed by atoms with E-state index in [1.165, 1.54) is 14.2 Å². The lowest BCUT2D eigenvalue weighted by atomic mass is 10.1. The molecule has 0 radical (unpaired) electrons. The molecule has 8 nitrogen and oxygen atoms in total. The number of likely N-dealkylation sites (N-methyl/N-ethyl adjacent to an activating group) is 1. The number of ether oxygens (including phenoxy) is 2. The van der Waals surface area contributed by atoms with Gasteiger partial charge in [-0.15, -0.1) is 0 Å². The van der Waals surface area contributed by atoms with Crippen LogP contribution in [0.5, 0.6) is 17.2 Å². The van der Waals surface area contributed by atoms with Gasteiger partial charge in [0.15, 0.2) is 11.5 Å². The van der Waals surface area contributed by atoms with E-state index in [0.29, 0.717) is 40.1 Å². The van der Waals surface area contributed by atoms with Crippen LogP contribution in [0.15, 0.2) is 23.0 Å². The normalized spacial score (nSPS) is 11.3. The zero-order chi connectivity index (χ0) is 21.1. The summed E-state index contributed by atoms with van der Waals surface area (Å²) in [5.41, 5.74) is 7.87. The van der Waals surface area contributed by atoms with Crippen LogP contribution >= 0.6 is 0 Å². The second kappa shape index (κ2) is 8.48. The van der Waals surface area contributed by atoms with Crippen molar-refractivity contribution < 1.29 is 14.6 Å². The van der Waals surface area contributed by atoms with Crippen LogP contribution in [0.1, 0.15) is 13.8 Å². The highest BCUT2D eigenvalue weighted by molar-refractivity contribution is 6.06. The summed E-state index contributed by atoms with van der Waals surface area (Å²) in [5, 5.41) is 14.6. The number of pyridine rings is 1. The zero-order valence-electron chi connectivity index (χ0n) is 17.3. The highest BCUT2D eigenvalue weighted by atomic mass is 16.5. The van der Waals surface area contributed by atoms with Gasteiger partial charge in [0.25, 0.3) is 0 Å². The van der Waals surface area contributed by atoms with Gasteiger partial charge in [0.1, 0.15) is 0 Å². The molecule has 0 aliphatic carbocycles. The molecular formula is C21H28N4O4. The molecule has 29 heavy (non-hydrogen) atoms. The molecule has 1 heterocycles. The number of nitrogens with two attached hydrogens (primary N) is 1. The Labute approximate surface area is 169 Å². The van der Waals surface area contributed by atoms with Gasteiger partial charge in [-0.3, -0.25) is 4.79 Å². The molecule has 0 amide bonds. The van der Waals surface area contributed by atoms with Crippen molar-refractivity contribution in [3.63, 3.8) is 0 Å². The molecule has 8 heteroatoms. The Kier molecular flexibility index (Phi) is 6.03. The maximum Gasteiger partial charge on any atom is 0.203 e. The number of aromatic hydroxyl groups is 1. The molecule has 3 aromatic rings. The van der Waals surface area contributed by atoms with Crippen LogP contribution in [0.2, 0.25) is 0 Å². The second-order valence-corrected chi connectivity index (χ2v) is 6.74. The molecule has 0 fully saturated rings. The first-order valence-electron chi connectivity index (χ1n) is 9.65. The Balaban J connectivity index is 2.19. The Morgan fingerprint density at radius 3 is 2.52 bits per heavy atom. The molecule has 3 rings (SSSR count). The summed E-state index contributed by atoms with van der Waals surface area (Å²) < 4.78 is 10.5. The number of methoxy groups -OCH3 is 2. The van der Waals surface area contributed by atoms with Gasteiger partial charge >= 0.3 is 0 Å². The third kappa shape index (κ3) is 3.63. The molecule has 0 spiro atoms. The third-order valence-electron chi connectivity index (χ3n) is 5.23. The molecule has 156 valence electrons. The summed E-state index contributed by atoms with van der Waals surface area (Å²) in [5.74, 6) is 0.172. The van der Waals surface area contributed by atoms with Crippen LogP contribution in [0.4, 0.5) is 11.4 Å². The minimum atomic E-state index is -0.329. The van der Waals surface area contributed by atoms with Crippen LogP contribution < -0.4 is 26.0 Å². The Morgan fingerprint density at radius 1 is 1.17 bits per heavy atom. The van der Waals surface area contributed by atoms with Crippen molar-refractivity contribution >= 4 is 33.2 Å². The summed E-state index contributed by atoms with van der Waals surface area (Å²) in [7, 11) is 2.88. The number of fused-ring (bicyclic) bond motifs is 2. The number of H-pyrrole nitrogens is 1. The number of anilines is 2. The van der Waals surface area contributed by atoms with Crippen molar-refractivity contribution in [2.75, 3.05) is 51.4 Å². The summed E-state index contributed by atoms with van der Waals surface area (Å²) in [6, 6.07) is 5.16. The second-order valence-electron chi connectivity index (χ2n) is 6.74. The fourth-order valence-corrected chi connectivity index (χ4v) is 3.59.